The number of nitrogens with zero attached hydrogens (tertiary/aromatic N) is 5. The van der Waals surface area contributed by atoms with Crippen molar-refractivity contribution in [3.63, 3.8) is 0 Å². The fourth-order valence-electron chi connectivity index (χ4n) is 4.62. The molecular weight excluding hydrogens is 362 g/mol. The van der Waals surface area contributed by atoms with Gasteiger partial charge in [-0.05, 0) is 31.7 Å². The summed E-state index contributed by atoms with van der Waals surface area (Å²) < 4.78 is 2.01. The van der Waals surface area contributed by atoms with Crippen LogP contribution in [0.25, 0.3) is 22.1 Å². The first-order valence-electron chi connectivity index (χ1n) is 10.8. The van der Waals surface area contributed by atoms with Gasteiger partial charge in [0.05, 0.1) is 30.7 Å². The highest BCUT2D eigenvalue weighted by atomic mass is 15.1. The maximum Gasteiger partial charge on any atom is 0.139 e. The second-order valence-electron chi connectivity index (χ2n) is 8.30. The Balaban J connectivity index is 0.000000144. The summed E-state index contributed by atoms with van der Waals surface area (Å²) in [7, 11) is 1.99. The van der Waals surface area contributed by atoms with Crippen LogP contribution < -0.4 is 5.32 Å². The van der Waals surface area contributed by atoms with E-state index in [-0.39, 0.29) is 0 Å². The van der Waals surface area contributed by atoms with Crippen molar-refractivity contribution >= 4 is 22.1 Å². The van der Waals surface area contributed by atoms with E-state index in [0.717, 1.165) is 41.2 Å². The maximum atomic E-state index is 8.64. The second kappa shape index (κ2) is 9.38. The van der Waals surface area contributed by atoms with Gasteiger partial charge in [0.25, 0.3) is 0 Å². The molecule has 3 aromatic rings. The Hall–Kier alpha value is -2.43. The highest BCUT2D eigenvalue weighted by molar-refractivity contribution is 6.00. The number of rotatable bonds is 3. The number of pyridine rings is 1. The first-order valence-corrected chi connectivity index (χ1v) is 10.8. The molecule has 0 amide bonds. The van der Waals surface area contributed by atoms with Gasteiger partial charge in [0.2, 0.25) is 0 Å². The van der Waals surface area contributed by atoms with Gasteiger partial charge in [0.1, 0.15) is 11.2 Å². The summed E-state index contributed by atoms with van der Waals surface area (Å²) in [5.74, 6) is 0. The fraction of sp³-hybridized carbons (Fsp3) is 0.591. The number of nitrogens with one attached hydrogen (secondary N) is 2. The molecule has 1 saturated carbocycles. The van der Waals surface area contributed by atoms with E-state index in [1.54, 1.807) is 12.5 Å². The maximum absolute atomic E-state index is 8.64. The van der Waals surface area contributed by atoms with Crippen LogP contribution in [-0.4, -0.2) is 56.1 Å². The van der Waals surface area contributed by atoms with E-state index in [1.807, 2.05) is 23.9 Å². The van der Waals surface area contributed by atoms with Gasteiger partial charge < -0.3 is 14.9 Å². The normalized spacial score (nSPS) is 19.2. The second-order valence-corrected chi connectivity index (χ2v) is 8.30. The van der Waals surface area contributed by atoms with Crippen LogP contribution >= 0.6 is 0 Å². The Kier molecular flexibility index (Phi) is 6.43. The molecule has 0 radical (unpaired) electrons. The van der Waals surface area contributed by atoms with Crippen molar-refractivity contribution in [3.05, 3.63) is 24.8 Å². The van der Waals surface area contributed by atoms with E-state index in [0.29, 0.717) is 12.6 Å². The van der Waals surface area contributed by atoms with Crippen LogP contribution in [-0.2, 0) is 7.05 Å². The summed E-state index contributed by atoms with van der Waals surface area (Å²) in [5.41, 5.74) is 2.98. The fourth-order valence-corrected chi connectivity index (χ4v) is 4.62. The van der Waals surface area contributed by atoms with Crippen LogP contribution in [0.3, 0.4) is 0 Å². The van der Waals surface area contributed by atoms with Crippen molar-refractivity contribution in [1.82, 2.24) is 29.7 Å². The van der Waals surface area contributed by atoms with Gasteiger partial charge in [-0.2, -0.15) is 5.26 Å². The average Bonchev–Trinajstić information content (AvgIpc) is 3.37. The molecule has 7 nitrogen and oxygen atoms in total. The van der Waals surface area contributed by atoms with E-state index in [2.05, 4.69) is 31.2 Å². The first kappa shape index (κ1) is 19.9. The van der Waals surface area contributed by atoms with Crippen molar-refractivity contribution in [2.45, 2.75) is 57.0 Å². The number of piperidine rings is 1. The Morgan fingerprint density at radius 2 is 1.90 bits per heavy atom. The van der Waals surface area contributed by atoms with E-state index >= 15 is 0 Å². The Labute approximate surface area is 172 Å². The third kappa shape index (κ3) is 4.77. The van der Waals surface area contributed by atoms with Gasteiger partial charge in [-0.3, -0.25) is 4.90 Å². The average molecular weight is 394 g/mol. The lowest BCUT2D eigenvalue weighted by molar-refractivity contribution is 0.200. The summed E-state index contributed by atoms with van der Waals surface area (Å²) in [4.78, 5) is 13.8. The molecular formula is C22H31N7. The summed E-state index contributed by atoms with van der Waals surface area (Å²) in [6.07, 6.45) is 14.9. The lowest BCUT2D eigenvalue weighted by Gasteiger charge is -2.34. The Morgan fingerprint density at radius 3 is 2.66 bits per heavy atom. The number of aryl methyl sites for hydroxylation is 1. The van der Waals surface area contributed by atoms with Crippen LogP contribution in [0.4, 0.5) is 0 Å². The van der Waals surface area contributed by atoms with Crippen molar-refractivity contribution in [3.8, 4) is 6.07 Å². The van der Waals surface area contributed by atoms with E-state index in [4.69, 9.17) is 5.26 Å². The largest absolute Gasteiger partial charge is 0.346 e. The van der Waals surface area contributed by atoms with Gasteiger partial charge in [0, 0.05) is 43.8 Å². The van der Waals surface area contributed by atoms with Crippen molar-refractivity contribution < 1.29 is 0 Å². The van der Waals surface area contributed by atoms with Crippen LogP contribution in [0.2, 0.25) is 0 Å². The molecule has 0 spiro atoms. The van der Waals surface area contributed by atoms with E-state index < -0.39 is 0 Å². The Morgan fingerprint density at radius 1 is 1.14 bits per heavy atom. The van der Waals surface area contributed by atoms with Crippen molar-refractivity contribution in [1.29, 1.82) is 5.26 Å². The van der Waals surface area contributed by atoms with E-state index in [9.17, 15) is 0 Å². The number of hydrogen-bond donors (Lipinski definition) is 2. The minimum absolute atomic E-state index is 0.607. The first-order chi connectivity index (χ1) is 14.2. The minimum atomic E-state index is 0.607. The molecule has 5 rings (SSSR count). The summed E-state index contributed by atoms with van der Waals surface area (Å²) in [6.45, 7) is 2.80. The van der Waals surface area contributed by atoms with Gasteiger partial charge in [-0.1, -0.05) is 19.3 Å². The van der Waals surface area contributed by atoms with Crippen LogP contribution in [0, 0.1) is 11.3 Å². The predicted molar refractivity (Wildman–Crippen MR) is 115 cm³/mol. The molecule has 2 aliphatic rings. The molecule has 2 N–H and O–H groups in total. The third-order valence-electron chi connectivity index (χ3n) is 6.22. The van der Waals surface area contributed by atoms with Crippen LogP contribution in [0.5, 0.6) is 0 Å². The standard InChI is InChI=1S/C13H23N3.C9H8N4/c14-8-11-16-9-6-13(7-10-16)15-12-4-2-1-3-5-12;1-13-5-12-7-4-11-9-6(8(7)13)2-3-10-9/h12-13,15H,1-7,9-11H2;2-5H,1H3,(H,10,11). The molecule has 7 heteroatoms. The number of likely N-dealkylation sites (tertiary alicyclic amines) is 1. The zero-order valence-electron chi connectivity index (χ0n) is 17.3. The van der Waals surface area contributed by atoms with Gasteiger partial charge in [-0.15, -0.1) is 0 Å². The Bertz CT molecular complexity index is 953. The summed E-state index contributed by atoms with van der Waals surface area (Å²) in [5, 5.41) is 13.6. The monoisotopic (exact) mass is 393 g/mol. The van der Waals surface area contributed by atoms with Gasteiger partial charge in [0.15, 0.2) is 0 Å². The molecule has 2 fully saturated rings. The molecule has 29 heavy (non-hydrogen) atoms. The lowest BCUT2D eigenvalue weighted by Crippen LogP contribution is -2.46. The molecule has 1 aliphatic carbocycles. The molecule has 0 aromatic carbocycles. The molecule has 0 atom stereocenters. The number of fused-ring (bicyclic) bond motifs is 3. The molecule has 1 saturated heterocycles. The molecule has 154 valence electrons. The highest BCUT2D eigenvalue weighted by Gasteiger charge is 2.22. The minimum Gasteiger partial charge on any atom is -0.346 e. The van der Waals surface area contributed by atoms with Gasteiger partial charge in [-0.25, -0.2) is 9.97 Å². The number of nitriles is 1. The molecule has 4 heterocycles. The third-order valence-corrected chi connectivity index (χ3v) is 6.22. The summed E-state index contributed by atoms with van der Waals surface area (Å²) >= 11 is 0. The SMILES string of the molecule is Cn1cnc2cnc3[nH]ccc3c21.N#CCN1CCC(NC2CCCCC2)CC1. The van der Waals surface area contributed by atoms with Crippen molar-refractivity contribution in [2.24, 2.45) is 7.05 Å². The lowest BCUT2D eigenvalue weighted by atomic mass is 9.93. The van der Waals surface area contributed by atoms with Crippen molar-refractivity contribution in [2.75, 3.05) is 19.6 Å². The number of aromatic nitrogens is 4. The summed E-state index contributed by atoms with van der Waals surface area (Å²) in [6, 6.07) is 5.74. The molecule has 0 unspecified atom stereocenters. The van der Waals surface area contributed by atoms with Crippen LogP contribution in [0.15, 0.2) is 24.8 Å². The zero-order chi connectivity index (χ0) is 20.1. The molecule has 3 aromatic heterocycles. The highest BCUT2D eigenvalue weighted by Crippen LogP contribution is 2.21. The zero-order valence-corrected chi connectivity index (χ0v) is 17.3. The number of aromatic amines is 1. The number of hydrogen-bond acceptors (Lipinski definition) is 5. The predicted octanol–water partition coefficient (Wildman–Crippen LogP) is 3.35. The quantitative estimate of drug-likeness (QED) is 0.667. The number of H-pyrrole nitrogens is 1. The number of imidazole rings is 1. The van der Waals surface area contributed by atoms with Gasteiger partial charge >= 0.3 is 0 Å². The van der Waals surface area contributed by atoms with E-state index in [1.165, 1.54) is 44.9 Å². The molecule has 1 aliphatic heterocycles. The smallest absolute Gasteiger partial charge is 0.139 e. The van der Waals surface area contributed by atoms with Crippen LogP contribution in [0.1, 0.15) is 44.9 Å². The topological polar surface area (TPSA) is 85.6 Å². The molecule has 0 bridgehead atoms.